The zero-order valence-electron chi connectivity index (χ0n) is 11.3. The number of rotatable bonds is 5. The van der Waals surface area contributed by atoms with Gasteiger partial charge >= 0.3 is 0 Å². The molecular formula is C13H21N5. The van der Waals surface area contributed by atoms with Gasteiger partial charge in [0.2, 0.25) is 0 Å². The average Bonchev–Trinajstić information content (AvgIpc) is 2.93. The Bertz CT molecular complexity index is 509. The fourth-order valence-corrected chi connectivity index (χ4v) is 2.00. The summed E-state index contributed by atoms with van der Waals surface area (Å²) >= 11 is 0. The molecule has 2 aromatic rings. The molecule has 98 valence electrons. The third kappa shape index (κ3) is 2.25. The lowest BCUT2D eigenvalue weighted by Crippen LogP contribution is -2.05. The minimum Gasteiger partial charge on any atom is -0.383 e. The van der Waals surface area contributed by atoms with Gasteiger partial charge in [0, 0.05) is 12.6 Å². The molecule has 2 heterocycles. The van der Waals surface area contributed by atoms with Crippen LogP contribution in [0.15, 0.2) is 18.9 Å². The number of aromatic nitrogens is 4. The van der Waals surface area contributed by atoms with Crippen LogP contribution < -0.4 is 5.73 Å². The molecule has 5 nitrogen and oxygen atoms in total. The van der Waals surface area contributed by atoms with E-state index in [2.05, 4.69) is 35.3 Å². The van der Waals surface area contributed by atoms with E-state index in [9.17, 15) is 0 Å². The third-order valence-electron chi connectivity index (χ3n) is 3.10. The normalized spacial score (nSPS) is 11.3. The molecule has 0 amide bonds. The number of imidazole rings is 2. The summed E-state index contributed by atoms with van der Waals surface area (Å²) in [5.74, 6) is 0.728. The Morgan fingerprint density at radius 1 is 1.33 bits per heavy atom. The lowest BCUT2D eigenvalue weighted by atomic mass is 10.3. The molecule has 5 heteroatoms. The van der Waals surface area contributed by atoms with Gasteiger partial charge in [0.15, 0.2) is 0 Å². The third-order valence-corrected chi connectivity index (χ3v) is 3.10. The van der Waals surface area contributed by atoms with Crippen molar-refractivity contribution in [1.29, 1.82) is 0 Å². The summed E-state index contributed by atoms with van der Waals surface area (Å²) in [7, 11) is 0. The Morgan fingerprint density at radius 3 is 2.78 bits per heavy atom. The molecule has 18 heavy (non-hydrogen) atoms. The predicted octanol–water partition coefficient (Wildman–Crippen LogP) is 2.71. The first-order valence-electron chi connectivity index (χ1n) is 6.48. The molecule has 0 saturated carbocycles. The van der Waals surface area contributed by atoms with Crippen molar-refractivity contribution < 1.29 is 0 Å². The molecule has 2 aromatic heterocycles. The van der Waals surface area contributed by atoms with Crippen LogP contribution in [-0.2, 0) is 6.54 Å². The van der Waals surface area contributed by atoms with Crippen molar-refractivity contribution in [3.05, 3.63) is 18.9 Å². The molecule has 0 fully saturated rings. The van der Waals surface area contributed by atoms with Crippen LogP contribution in [0.1, 0.15) is 39.7 Å². The second kappa shape index (κ2) is 5.25. The molecule has 0 aromatic carbocycles. The van der Waals surface area contributed by atoms with Crippen LogP contribution in [0.4, 0.5) is 5.82 Å². The highest BCUT2D eigenvalue weighted by Crippen LogP contribution is 2.26. The van der Waals surface area contributed by atoms with Gasteiger partial charge in [-0.2, -0.15) is 0 Å². The van der Waals surface area contributed by atoms with Gasteiger partial charge in [0.25, 0.3) is 0 Å². The highest BCUT2D eigenvalue weighted by Gasteiger charge is 2.15. The summed E-state index contributed by atoms with van der Waals surface area (Å²) in [6.45, 7) is 7.33. The molecule has 0 bridgehead atoms. The van der Waals surface area contributed by atoms with E-state index >= 15 is 0 Å². The molecule has 2 rings (SSSR count). The topological polar surface area (TPSA) is 61.7 Å². The molecular weight excluding hydrogens is 226 g/mol. The molecule has 0 spiro atoms. The highest BCUT2D eigenvalue weighted by molar-refractivity contribution is 5.67. The van der Waals surface area contributed by atoms with Crippen molar-refractivity contribution in [2.75, 3.05) is 5.73 Å². The van der Waals surface area contributed by atoms with Crippen LogP contribution in [0, 0.1) is 0 Å². The lowest BCUT2D eigenvalue weighted by molar-refractivity contribution is 0.604. The van der Waals surface area contributed by atoms with E-state index in [4.69, 9.17) is 5.73 Å². The highest BCUT2D eigenvalue weighted by atomic mass is 15.1. The zero-order chi connectivity index (χ0) is 13.1. The van der Waals surface area contributed by atoms with Crippen LogP contribution >= 0.6 is 0 Å². The van der Waals surface area contributed by atoms with Crippen LogP contribution in [-0.4, -0.2) is 19.1 Å². The van der Waals surface area contributed by atoms with Crippen LogP contribution in [0.25, 0.3) is 11.4 Å². The Morgan fingerprint density at radius 2 is 2.11 bits per heavy atom. The molecule has 0 aliphatic carbocycles. The minimum absolute atomic E-state index is 0.350. The number of nitrogen functional groups attached to an aromatic ring is 1. The number of nitrogens with zero attached hydrogens (tertiary/aromatic N) is 4. The van der Waals surface area contributed by atoms with Gasteiger partial charge < -0.3 is 14.9 Å². The van der Waals surface area contributed by atoms with Gasteiger partial charge in [-0.05, 0) is 20.3 Å². The number of anilines is 1. The van der Waals surface area contributed by atoms with E-state index < -0.39 is 0 Å². The molecule has 0 aliphatic rings. The predicted molar refractivity (Wildman–Crippen MR) is 73.2 cm³/mol. The number of nitrogens with two attached hydrogens (primary N) is 1. The quantitative estimate of drug-likeness (QED) is 0.883. The van der Waals surface area contributed by atoms with Gasteiger partial charge in [0.05, 0.1) is 24.5 Å². The van der Waals surface area contributed by atoms with Gasteiger partial charge in [-0.25, -0.2) is 9.97 Å². The Labute approximate surface area is 108 Å². The first-order valence-corrected chi connectivity index (χ1v) is 6.48. The number of hydrogen-bond acceptors (Lipinski definition) is 3. The van der Waals surface area contributed by atoms with Crippen molar-refractivity contribution >= 4 is 5.82 Å². The first kappa shape index (κ1) is 12.7. The zero-order valence-corrected chi connectivity index (χ0v) is 11.3. The van der Waals surface area contributed by atoms with Crippen molar-refractivity contribution in [3.8, 4) is 11.4 Å². The first-order chi connectivity index (χ1) is 8.65. The van der Waals surface area contributed by atoms with E-state index in [0.29, 0.717) is 6.04 Å². The maximum atomic E-state index is 6.16. The monoisotopic (exact) mass is 247 g/mol. The van der Waals surface area contributed by atoms with Crippen LogP contribution in [0.2, 0.25) is 0 Å². The number of hydrogen-bond donors (Lipinski definition) is 1. The summed E-state index contributed by atoms with van der Waals surface area (Å²) in [4.78, 5) is 8.62. The van der Waals surface area contributed by atoms with Crippen LogP contribution in [0.5, 0.6) is 0 Å². The number of unbranched alkanes of at least 4 members (excludes halogenated alkanes) is 1. The molecule has 0 radical (unpaired) electrons. The SMILES string of the molecule is CCCCn1cnc(-c2cncn2C(C)C)c1N. The fourth-order valence-electron chi connectivity index (χ4n) is 2.00. The van der Waals surface area contributed by atoms with E-state index in [1.165, 1.54) is 0 Å². The number of aryl methyl sites for hydroxylation is 1. The van der Waals surface area contributed by atoms with E-state index in [1.54, 1.807) is 0 Å². The molecule has 0 unspecified atom stereocenters. The van der Waals surface area contributed by atoms with Gasteiger partial charge in [-0.3, -0.25) is 0 Å². The molecule has 0 saturated heterocycles. The standard InChI is InChI=1S/C13H21N5/c1-4-5-6-17-9-16-12(13(17)14)11-7-15-8-18(11)10(2)3/h7-10H,4-6,14H2,1-3H3. The minimum atomic E-state index is 0.350. The summed E-state index contributed by atoms with van der Waals surface area (Å²) in [5, 5.41) is 0. The van der Waals surface area contributed by atoms with Crippen LogP contribution in [0.3, 0.4) is 0 Å². The molecule has 0 atom stereocenters. The summed E-state index contributed by atoms with van der Waals surface area (Å²) < 4.78 is 4.10. The van der Waals surface area contributed by atoms with Crippen molar-refractivity contribution in [3.63, 3.8) is 0 Å². The second-order valence-corrected chi connectivity index (χ2v) is 4.81. The van der Waals surface area contributed by atoms with E-state index in [0.717, 1.165) is 36.6 Å². The second-order valence-electron chi connectivity index (χ2n) is 4.81. The molecule has 0 aliphatic heterocycles. The molecule has 2 N–H and O–H groups in total. The summed E-state index contributed by atoms with van der Waals surface area (Å²) in [6, 6.07) is 0.350. The van der Waals surface area contributed by atoms with Gasteiger partial charge in [-0.15, -0.1) is 0 Å². The Balaban J connectivity index is 2.33. The lowest BCUT2D eigenvalue weighted by Gasteiger charge is -2.11. The van der Waals surface area contributed by atoms with Crippen molar-refractivity contribution in [2.45, 2.75) is 46.2 Å². The van der Waals surface area contributed by atoms with E-state index in [-0.39, 0.29) is 0 Å². The van der Waals surface area contributed by atoms with E-state index in [1.807, 2.05) is 23.4 Å². The van der Waals surface area contributed by atoms with Crippen molar-refractivity contribution in [2.24, 2.45) is 0 Å². The van der Waals surface area contributed by atoms with Gasteiger partial charge in [-0.1, -0.05) is 13.3 Å². The summed E-state index contributed by atoms with van der Waals surface area (Å²) in [6.07, 6.45) is 7.73. The van der Waals surface area contributed by atoms with Gasteiger partial charge in [0.1, 0.15) is 11.5 Å². The maximum absolute atomic E-state index is 6.16. The Kier molecular flexibility index (Phi) is 3.69. The Hall–Kier alpha value is -1.78. The average molecular weight is 247 g/mol. The van der Waals surface area contributed by atoms with Crippen molar-refractivity contribution in [1.82, 2.24) is 19.1 Å². The maximum Gasteiger partial charge on any atom is 0.133 e. The smallest absolute Gasteiger partial charge is 0.133 e. The fraction of sp³-hybridized carbons (Fsp3) is 0.538. The summed E-state index contributed by atoms with van der Waals surface area (Å²) in [5.41, 5.74) is 7.98. The largest absolute Gasteiger partial charge is 0.383 e.